The molecule has 1 atom stereocenters. The average molecular weight is 438 g/mol. The molecule has 3 aromatic carbocycles. The van der Waals surface area contributed by atoms with Crippen LogP contribution in [0.5, 0.6) is 5.75 Å². The van der Waals surface area contributed by atoms with E-state index in [9.17, 15) is 4.79 Å². The molecule has 1 aromatic heterocycles. The summed E-state index contributed by atoms with van der Waals surface area (Å²) in [6, 6.07) is 28.0. The molecule has 5 nitrogen and oxygen atoms in total. The smallest absolute Gasteiger partial charge is 0.322 e. The van der Waals surface area contributed by atoms with E-state index >= 15 is 0 Å². The van der Waals surface area contributed by atoms with Crippen LogP contribution in [0.3, 0.4) is 0 Å². The van der Waals surface area contributed by atoms with E-state index in [1.807, 2.05) is 65.6 Å². The van der Waals surface area contributed by atoms with Gasteiger partial charge in [0.15, 0.2) is 0 Å². The van der Waals surface area contributed by atoms with E-state index < -0.39 is 0 Å². The predicted octanol–water partition coefficient (Wildman–Crippen LogP) is 6.19. The standard InChI is InChI=1S/C28H27N3O2/c1-3-20-9-4-6-11-24(20)29-28(32)31-19-22-10-5-7-12-25(22)30-18-8-13-26(30)27(31)21-14-16-23(33-2)17-15-21/h4-18,27H,3,19H2,1-2H3,(H,29,32)/t27-/m0/s1. The third-order valence-electron chi connectivity index (χ3n) is 6.30. The number of benzene rings is 3. The SMILES string of the molecule is CCc1ccccc1NC(=O)N1Cc2ccccc2-n2cccc2[C@@H]1c1ccc(OC)cc1. The molecule has 0 spiro atoms. The average Bonchev–Trinajstić information content (AvgIpc) is 3.28. The van der Waals surface area contributed by atoms with Gasteiger partial charge in [-0.25, -0.2) is 4.79 Å². The molecule has 4 aromatic rings. The van der Waals surface area contributed by atoms with E-state index in [4.69, 9.17) is 4.74 Å². The van der Waals surface area contributed by atoms with E-state index in [0.717, 1.165) is 45.9 Å². The lowest BCUT2D eigenvalue weighted by Crippen LogP contribution is -2.38. The number of methoxy groups -OCH3 is 1. The molecule has 1 N–H and O–H groups in total. The maximum Gasteiger partial charge on any atom is 0.322 e. The Kier molecular flexibility index (Phi) is 5.61. The summed E-state index contributed by atoms with van der Waals surface area (Å²) in [5, 5.41) is 3.19. The zero-order chi connectivity index (χ0) is 22.8. The molecule has 0 radical (unpaired) electrons. The van der Waals surface area contributed by atoms with Crippen LogP contribution in [0.1, 0.15) is 35.3 Å². The summed E-state index contributed by atoms with van der Waals surface area (Å²) in [6.45, 7) is 2.59. The number of aryl methyl sites for hydroxylation is 1. The molecular formula is C28H27N3O2. The quantitative estimate of drug-likeness (QED) is 0.414. The number of nitrogens with zero attached hydrogens (tertiary/aromatic N) is 2. The Balaban J connectivity index is 1.62. The number of aromatic nitrogens is 1. The molecule has 0 fully saturated rings. The fraction of sp³-hybridized carbons (Fsp3) is 0.179. The first-order chi connectivity index (χ1) is 16.2. The van der Waals surface area contributed by atoms with Crippen LogP contribution >= 0.6 is 0 Å². The molecule has 166 valence electrons. The highest BCUT2D eigenvalue weighted by atomic mass is 16.5. The summed E-state index contributed by atoms with van der Waals surface area (Å²) in [6.07, 6.45) is 2.92. The topological polar surface area (TPSA) is 46.5 Å². The number of ether oxygens (including phenoxy) is 1. The minimum atomic E-state index is -0.257. The zero-order valence-corrected chi connectivity index (χ0v) is 18.9. The number of nitrogens with one attached hydrogen (secondary N) is 1. The van der Waals surface area contributed by atoms with Gasteiger partial charge in [0, 0.05) is 17.6 Å². The first-order valence-corrected chi connectivity index (χ1v) is 11.2. The van der Waals surface area contributed by atoms with Crippen molar-refractivity contribution in [2.45, 2.75) is 25.9 Å². The molecule has 0 unspecified atom stereocenters. The van der Waals surface area contributed by atoms with Crippen molar-refractivity contribution < 1.29 is 9.53 Å². The largest absolute Gasteiger partial charge is 0.497 e. The Bertz CT molecular complexity index is 1280. The zero-order valence-electron chi connectivity index (χ0n) is 18.9. The van der Waals surface area contributed by atoms with Crippen molar-refractivity contribution in [3.63, 3.8) is 0 Å². The molecule has 0 aliphatic carbocycles. The van der Waals surface area contributed by atoms with Crippen LogP contribution in [0.4, 0.5) is 10.5 Å². The van der Waals surface area contributed by atoms with Crippen molar-refractivity contribution in [1.82, 2.24) is 9.47 Å². The Morgan fingerprint density at radius 2 is 1.73 bits per heavy atom. The highest BCUT2D eigenvalue weighted by molar-refractivity contribution is 5.91. The molecule has 0 saturated carbocycles. The number of rotatable bonds is 4. The van der Waals surface area contributed by atoms with Gasteiger partial charge >= 0.3 is 6.03 Å². The molecule has 2 amide bonds. The third-order valence-corrected chi connectivity index (χ3v) is 6.30. The summed E-state index contributed by atoms with van der Waals surface area (Å²) in [4.78, 5) is 15.7. The van der Waals surface area contributed by atoms with Gasteiger partial charge in [0.1, 0.15) is 5.75 Å². The van der Waals surface area contributed by atoms with E-state index in [1.165, 1.54) is 0 Å². The van der Waals surface area contributed by atoms with Gasteiger partial charge < -0.3 is 19.5 Å². The van der Waals surface area contributed by atoms with Crippen LogP contribution in [-0.2, 0) is 13.0 Å². The van der Waals surface area contributed by atoms with E-state index in [2.05, 4.69) is 47.3 Å². The van der Waals surface area contributed by atoms with Crippen molar-refractivity contribution in [3.8, 4) is 11.4 Å². The molecule has 1 aliphatic heterocycles. The number of carbonyl (C=O) groups excluding carboxylic acids is 1. The Morgan fingerprint density at radius 1 is 0.970 bits per heavy atom. The Labute approximate surface area is 194 Å². The van der Waals surface area contributed by atoms with Crippen molar-refractivity contribution in [2.24, 2.45) is 0 Å². The van der Waals surface area contributed by atoms with Gasteiger partial charge in [-0.05, 0) is 59.5 Å². The minimum absolute atomic E-state index is 0.124. The molecule has 2 heterocycles. The highest BCUT2D eigenvalue weighted by Crippen LogP contribution is 2.37. The molecular weight excluding hydrogens is 410 g/mol. The summed E-state index contributed by atoms with van der Waals surface area (Å²) in [5.41, 5.74) is 6.24. The fourth-order valence-corrected chi connectivity index (χ4v) is 4.61. The molecule has 1 aliphatic rings. The summed E-state index contributed by atoms with van der Waals surface area (Å²) in [5.74, 6) is 0.791. The second-order valence-electron chi connectivity index (χ2n) is 8.18. The van der Waals surface area contributed by atoms with Crippen molar-refractivity contribution in [3.05, 3.63) is 114 Å². The number of urea groups is 1. The van der Waals surface area contributed by atoms with Gasteiger partial charge in [0.25, 0.3) is 0 Å². The highest BCUT2D eigenvalue weighted by Gasteiger charge is 2.33. The summed E-state index contributed by atoms with van der Waals surface area (Å²) >= 11 is 0. The van der Waals surface area contributed by atoms with Crippen LogP contribution in [0.2, 0.25) is 0 Å². The maximum atomic E-state index is 13.8. The van der Waals surface area contributed by atoms with Gasteiger partial charge in [-0.3, -0.25) is 0 Å². The molecule has 0 saturated heterocycles. The van der Waals surface area contributed by atoms with E-state index in [-0.39, 0.29) is 12.1 Å². The van der Waals surface area contributed by atoms with Gasteiger partial charge in [-0.15, -0.1) is 0 Å². The van der Waals surface area contributed by atoms with E-state index in [0.29, 0.717) is 6.54 Å². The van der Waals surface area contributed by atoms with Crippen molar-refractivity contribution in [2.75, 3.05) is 12.4 Å². The van der Waals surface area contributed by atoms with Gasteiger partial charge in [0.2, 0.25) is 0 Å². The van der Waals surface area contributed by atoms with Crippen LogP contribution in [0, 0.1) is 0 Å². The first kappa shape index (κ1) is 20.9. The lowest BCUT2D eigenvalue weighted by molar-refractivity contribution is 0.194. The number of fused-ring (bicyclic) bond motifs is 3. The predicted molar refractivity (Wildman–Crippen MR) is 131 cm³/mol. The second-order valence-corrected chi connectivity index (χ2v) is 8.18. The van der Waals surface area contributed by atoms with Crippen LogP contribution in [0.25, 0.3) is 5.69 Å². The van der Waals surface area contributed by atoms with Crippen LogP contribution in [-0.4, -0.2) is 22.6 Å². The molecule has 5 rings (SSSR count). The third kappa shape index (κ3) is 3.87. The van der Waals surface area contributed by atoms with Crippen LogP contribution in [0.15, 0.2) is 91.1 Å². The number of hydrogen-bond donors (Lipinski definition) is 1. The van der Waals surface area contributed by atoms with Crippen molar-refractivity contribution >= 4 is 11.7 Å². The lowest BCUT2D eigenvalue weighted by Gasteiger charge is -2.31. The number of hydrogen-bond acceptors (Lipinski definition) is 2. The Hall–Kier alpha value is -3.99. The van der Waals surface area contributed by atoms with Crippen LogP contribution < -0.4 is 10.1 Å². The lowest BCUT2D eigenvalue weighted by atomic mass is 10.0. The molecule has 5 heteroatoms. The molecule has 0 bridgehead atoms. The van der Waals surface area contributed by atoms with Gasteiger partial charge in [0.05, 0.1) is 25.4 Å². The number of carbonyl (C=O) groups is 1. The minimum Gasteiger partial charge on any atom is -0.497 e. The monoisotopic (exact) mass is 437 g/mol. The second kappa shape index (κ2) is 8.87. The number of anilines is 1. The van der Waals surface area contributed by atoms with Gasteiger partial charge in [-0.2, -0.15) is 0 Å². The summed E-state index contributed by atoms with van der Waals surface area (Å²) in [7, 11) is 1.66. The fourth-order valence-electron chi connectivity index (χ4n) is 4.61. The normalized spacial score (nSPS) is 14.7. The van der Waals surface area contributed by atoms with Crippen molar-refractivity contribution in [1.29, 1.82) is 0 Å². The van der Waals surface area contributed by atoms with E-state index in [1.54, 1.807) is 7.11 Å². The first-order valence-electron chi connectivity index (χ1n) is 11.2. The Morgan fingerprint density at radius 3 is 2.52 bits per heavy atom. The number of para-hydroxylation sites is 2. The van der Waals surface area contributed by atoms with Gasteiger partial charge in [-0.1, -0.05) is 55.5 Å². The number of amides is 2. The maximum absolute atomic E-state index is 13.8. The summed E-state index contributed by atoms with van der Waals surface area (Å²) < 4.78 is 7.56. The molecule has 33 heavy (non-hydrogen) atoms.